The molecule has 0 aliphatic rings. The Morgan fingerprint density at radius 2 is 1.45 bits per heavy atom. The summed E-state index contributed by atoms with van der Waals surface area (Å²) in [6.07, 6.45) is 0.372. The molecule has 0 N–H and O–H groups in total. The molecule has 1 heteroatoms. The molecule has 2 unspecified atom stereocenters. The molecule has 0 saturated heterocycles. The molecule has 0 aliphatic heterocycles. The van der Waals surface area contributed by atoms with Gasteiger partial charge in [-0.2, -0.15) is 0 Å². The van der Waals surface area contributed by atoms with E-state index >= 15 is 0 Å². The molecule has 0 nitrogen and oxygen atoms in total. The molecule has 0 radical (unpaired) electrons. The zero-order chi connectivity index (χ0) is 9.02. The fourth-order valence-corrected chi connectivity index (χ4v) is 1.53. The van der Waals surface area contributed by atoms with Crippen molar-refractivity contribution in [3.8, 4) is 0 Å². The van der Waals surface area contributed by atoms with Gasteiger partial charge in [0.2, 0.25) is 0 Å². The summed E-state index contributed by atoms with van der Waals surface area (Å²) in [7, 11) is 0. The smallest absolute Gasteiger partial charge is 0.105 e. The Labute approximate surface area is 70.2 Å². The van der Waals surface area contributed by atoms with E-state index < -0.39 is 6.17 Å². The summed E-state index contributed by atoms with van der Waals surface area (Å²) in [4.78, 5) is 0. The van der Waals surface area contributed by atoms with Gasteiger partial charge in [0.15, 0.2) is 0 Å². The Balaban J connectivity index is 3.73. The van der Waals surface area contributed by atoms with Crippen molar-refractivity contribution in [1.82, 2.24) is 0 Å². The van der Waals surface area contributed by atoms with Crippen LogP contribution in [-0.4, -0.2) is 6.17 Å². The van der Waals surface area contributed by atoms with E-state index in [1.165, 1.54) is 0 Å². The molecule has 0 amide bonds. The third-order valence-electron chi connectivity index (χ3n) is 2.02. The molecule has 0 fully saturated rings. The summed E-state index contributed by atoms with van der Waals surface area (Å²) >= 11 is 0. The maximum absolute atomic E-state index is 13.3. The summed E-state index contributed by atoms with van der Waals surface area (Å²) in [6.45, 7) is 10.2. The second kappa shape index (κ2) is 4.74. The van der Waals surface area contributed by atoms with Crippen LogP contribution in [0, 0.1) is 17.8 Å². The van der Waals surface area contributed by atoms with Crippen molar-refractivity contribution in [2.45, 2.75) is 47.2 Å². The second-order valence-electron chi connectivity index (χ2n) is 4.30. The van der Waals surface area contributed by atoms with Crippen LogP contribution in [0.25, 0.3) is 0 Å². The molecule has 0 saturated carbocycles. The van der Waals surface area contributed by atoms with E-state index in [2.05, 4.69) is 13.8 Å². The molecular weight excluding hydrogens is 139 g/mol. The summed E-state index contributed by atoms with van der Waals surface area (Å²) in [6, 6.07) is 0. The average Bonchev–Trinajstić information content (AvgIpc) is 1.84. The molecular formula is C10H21F. The van der Waals surface area contributed by atoms with Crippen molar-refractivity contribution in [2.75, 3.05) is 0 Å². The predicted molar refractivity (Wildman–Crippen MR) is 48.4 cm³/mol. The van der Waals surface area contributed by atoms with E-state index in [0.29, 0.717) is 5.92 Å². The van der Waals surface area contributed by atoms with Crippen molar-refractivity contribution < 1.29 is 4.39 Å². The van der Waals surface area contributed by atoms with E-state index in [-0.39, 0.29) is 11.8 Å². The van der Waals surface area contributed by atoms with Gasteiger partial charge >= 0.3 is 0 Å². The molecule has 0 spiro atoms. The number of halogens is 1. The zero-order valence-corrected chi connectivity index (χ0v) is 8.39. The minimum absolute atomic E-state index is 0.170. The molecule has 0 aromatic carbocycles. The fourth-order valence-electron chi connectivity index (χ4n) is 1.53. The van der Waals surface area contributed by atoms with E-state index in [1.807, 2.05) is 20.8 Å². The van der Waals surface area contributed by atoms with Crippen LogP contribution in [0.3, 0.4) is 0 Å². The summed E-state index contributed by atoms with van der Waals surface area (Å²) in [5.74, 6) is 1.00. The molecule has 2 atom stereocenters. The Hall–Kier alpha value is -0.0700. The van der Waals surface area contributed by atoms with E-state index in [0.717, 1.165) is 6.42 Å². The zero-order valence-electron chi connectivity index (χ0n) is 8.39. The van der Waals surface area contributed by atoms with E-state index in [1.54, 1.807) is 0 Å². The Kier molecular flexibility index (Phi) is 4.71. The van der Waals surface area contributed by atoms with Gasteiger partial charge in [0, 0.05) is 0 Å². The normalized spacial score (nSPS) is 17.5. The average molecular weight is 160 g/mol. The molecule has 11 heavy (non-hydrogen) atoms. The van der Waals surface area contributed by atoms with Crippen LogP contribution in [0.2, 0.25) is 0 Å². The number of alkyl halides is 1. The van der Waals surface area contributed by atoms with E-state index in [4.69, 9.17) is 0 Å². The van der Waals surface area contributed by atoms with Crippen LogP contribution < -0.4 is 0 Å². The molecule has 0 aliphatic carbocycles. The van der Waals surface area contributed by atoms with Gasteiger partial charge < -0.3 is 0 Å². The maximum atomic E-state index is 13.3. The fraction of sp³-hybridized carbons (Fsp3) is 1.00. The first-order chi connectivity index (χ1) is 4.95. The lowest BCUT2D eigenvalue weighted by molar-refractivity contribution is 0.162. The lowest BCUT2D eigenvalue weighted by Crippen LogP contribution is -2.20. The number of hydrogen-bond acceptors (Lipinski definition) is 0. The highest BCUT2D eigenvalue weighted by molar-refractivity contribution is 4.69. The van der Waals surface area contributed by atoms with Crippen LogP contribution >= 0.6 is 0 Å². The molecule has 0 rings (SSSR count). The van der Waals surface area contributed by atoms with Crippen LogP contribution in [-0.2, 0) is 0 Å². The van der Waals surface area contributed by atoms with Crippen molar-refractivity contribution >= 4 is 0 Å². The molecule has 0 heterocycles. The number of rotatable bonds is 4. The molecule has 68 valence electrons. The lowest BCUT2D eigenvalue weighted by Gasteiger charge is -2.21. The van der Waals surface area contributed by atoms with Crippen LogP contribution in [0.1, 0.15) is 41.0 Å². The van der Waals surface area contributed by atoms with Crippen LogP contribution in [0.15, 0.2) is 0 Å². The summed E-state index contributed by atoms with van der Waals surface area (Å²) in [5, 5.41) is 0. The number of hydrogen-bond donors (Lipinski definition) is 0. The van der Waals surface area contributed by atoms with Crippen LogP contribution in [0.5, 0.6) is 0 Å². The largest absolute Gasteiger partial charge is 0.247 e. The van der Waals surface area contributed by atoms with Crippen LogP contribution in [0.4, 0.5) is 4.39 Å². The van der Waals surface area contributed by atoms with Gasteiger partial charge in [-0.05, 0) is 24.2 Å². The second-order valence-corrected chi connectivity index (χ2v) is 4.30. The minimum atomic E-state index is -0.627. The van der Waals surface area contributed by atoms with Gasteiger partial charge in [0.1, 0.15) is 6.17 Å². The Morgan fingerprint density at radius 3 is 1.73 bits per heavy atom. The molecule has 0 aromatic rings. The van der Waals surface area contributed by atoms with Crippen molar-refractivity contribution in [3.63, 3.8) is 0 Å². The monoisotopic (exact) mass is 160 g/mol. The van der Waals surface area contributed by atoms with Gasteiger partial charge in [0.05, 0.1) is 0 Å². The van der Waals surface area contributed by atoms with E-state index in [9.17, 15) is 4.39 Å². The van der Waals surface area contributed by atoms with Crippen molar-refractivity contribution in [1.29, 1.82) is 0 Å². The van der Waals surface area contributed by atoms with Gasteiger partial charge in [-0.3, -0.25) is 0 Å². The van der Waals surface area contributed by atoms with Gasteiger partial charge in [-0.1, -0.05) is 34.6 Å². The maximum Gasteiger partial charge on any atom is 0.105 e. The quantitative estimate of drug-likeness (QED) is 0.588. The van der Waals surface area contributed by atoms with Crippen molar-refractivity contribution in [2.24, 2.45) is 17.8 Å². The third kappa shape index (κ3) is 4.39. The Morgan fingerprint density at radius 1 is 1.00 bits per heavy atom. The highest BCUT2D eigenvalue weighted by Crippen LogP contribution is 2.22. The predicted octanol–water partition coefficient (Wildman–Crippen LogP) is 3.66. The van der Waals surface area contributed by atoms with Gasteiger partial charge in [-0.25, -0.2) is 4.39 Å². The minimum Gasteiger partial charge on any atom is -0.247 e. The van der Waals surface area contributed by atoms with Crippen molar-refractivity contribution in [3.05, 3.63) is 0 Å². The first kappa shape index (κ1) is 10.9. The highest BCUT2D eigenvalue weighted by atomic mass is 19.1. The standard InChI is InChI=1S/C10H21F/c1-7(2)6-9(5)10(11)8(3)4/h7-10H,6H2,1-5H3. The molecule has 0 aromatic heterocycles. The van der Waals surface area contributed by atoms with Gasteiger partial charge in [0.25, 0.3) is 0 Å². The topological polar surface area (TPSA) is 0 Å². The first-order valence-electron chi connectivity index (χ1n) is 4.59. The summed E-state index contributed by atoms with van der Waals surface area (Å²) in [5.41, 5.74) is 0. The SMILES string of the molecule is CC(C)CC(C)C(F)C(C)C. The van der Waals surface area contributed by atoms with Gasteiger partial charge in [-0.15, -0.1) is 0 Å². The summed E-state index contributed by atoms with van der Waals surface area (Å²) < 4.78 is 13.3. The third-order valence-corrected chi connectivity index (χ3v) is 2.02. The molecule has 0 bridgehead atoms. The Bertz CT molecular complexity index is 97.0. The first-order valence-corrected chi connectivity index (χ1v) is 4.59. The lowest BCUT2D eigenvalue weighted by atomic mass is 9.89. The highest BCUT2D eigenvalue weighted by Gasteiger charge is 2.20.